The minimum absolute atomic E-state index is 0.0940. The second-order valence-electron chi connectivity index (χ2n) is 14.3. The largest absolute Gasteiger partial charge is 0.490 e. The number of hydrogen-bond donors (Lipinski definition) is 3. The van der Waals surface area contributed by atoms with E-state index in [1.54, 1.807) is 22.8 Å². The minimum atomic E-state index is -4.76. The van der Waals surface area contributed by atoms with E-state index in [0.29, 0.717) is 46.6 Å². The van der Waals surface area contributed by atoms with Crippen LogP contribution >= 0.6 is 12.2 Å². The number of pyridine rings is 1. The van der Waals surface area contributed by atoms with Crippen LogP contribution in [0.3, 0.4) is 0 Å². The number of fused-ring (bicyclic) bond motifs is 1. The van der Waals surface area contributed by atoms with Crippen LogP contribution in [0.1, 0.15) is 38.8 Å². The Kier molecular flexibility index (Phi) is 12.2. The quantitative estimate of drug-likeness (QED) is 0.0667. The normalized spacial score (nSPS) is 12.2. The third-order valence-corrected chi connectivity index (χ3v) is 9.59. The number of aromatic nitrogens is 2. The van der Waals surface area contributed by atoms with E-state index in [4.69, 9.17) is 26.4 Å². The summed E-state index contributed by atoms with van der Waals surface area (Å²) >= 11 is 5.28. The van der Waals surface area contributed by atoms with Gasteiger partial charge in [0.25, 0.3) is 0 Å². The van der Waals surface area contributed by atoms with Crippen molar-refractivity contribution in [3.63, 3.8) is 0 Å². The van der Waals surface area contributed by atoms with Crippen LogP contribution in [0.2, 0.25) is 25.7 Å². The molecule has 0 bridgehead atoms. The van der Waals surface area contributed by atoms with Crippen LogP contribution in [0.5, 0.6) is 17.2 Å². The molecule has 268 valence electrons. The maximum atomic E-state index is 14.5. The first-order chi connectivity index (χ1) is 23.4. The monoisotopic (exact) mass is 727 g/mol. The standard InChI is InChI=1S/C36H44F3N5O4SSi/c1-23(2)47-29-10-8-24(16-25(29)18-40)27-19-44(22-46-14-15-50(5,6)7)33-32(27)31(12-13-41-33)48-30-11-9-26(17-28(30)36(37,38)39)43-34(49)42-20-35(3,4)21-45/h8-13,16-17,19,23,45H,14-15,20-22H2,1-7H3,(H2,42,43,49). The lowest BCUT2D eigenvalue weighted by molar-refractivity contribution is -0.138. The summed E-state index contributed by atoms with van der Waals surface area (Å²) in [6.45, 7) is 15.1. The molecule has 2 aromatic carbocycles. The second-order valence-corrected chi connectivity index (χ2v) is 20.3. The molecule has 0 saturated carbocycles. The molecule has 4 rings (SSSR count). The number of ether oxygens (including phenoxy) is 3. The molecular weight excluding hydrogens is 684 g/mol. The predicted octanol–water partition coefficient (Wildman–Crippen LogP) is 8.79. The Morgan fingerprint density at radius 2 is 1.80 bits per heavy atom. The zero-order valence-corrected chi connectivity index (χ0v) is 31.2. The van der Waals surface area contributed by atoms with E-state index in [1.165, 1.54) is 24.4 Å². The van der Waals surface area contributed by atoms with Gasteiger partial charge in [-0.25, -0.2) is 4.98 Å². The van der Waals surface area contributed by atoms with Crippen molar-refractivity contribution in [2.45, 2.75) is 72.4 Å². The number of halogens is 3. The van der Waals surface area contributed by atoms with Crippen LogP contribution in [0.4, 0.5) is 18.9 Å². The van der Waals surface area contributed by atoms with Gasteiger partial charge in [0, 0.05) is 56.9 Å². The zero-order chi connectivity index (χ0) is 36.9. The molecule has 3 N–H and O–H groups in total. The summed E-state index contributed by atoms with van der Waals surface area (Å²) in [5.74, 6) is 0.149. The molecule has 0 aliphatic carbocycles. The van der Waals surface area contributed by atoms with Crippen molar-refractivity contribution in [2.75, 3.05) is 25.1 Å². The summed E-state index contributed by atoms with van der Waals surface area (Å²) in [7, 11) is -1.35. The Bertz CT molecular complexity index is 1870. The highest BCUT2D eigenvalue weighted by Crippen LogP contribution is 2.43. The molecule has 9 nitrogen and oxygen atoms in total. The molecule has 0 spiro atoms. The lowest BCUT2D eigenvalue weighted by atomic mass is 9.95. The summed E-state index contributed by atoms with van der Waals surface area (Å²) in [4.78, 5) is 4.57. The third-order valence-electron chi connectivity index (χ3n) is 7.64. The van der Waals surface area contributed by atoms with Gasteiger partial charge in [-0.15, -0.1) is 0 Å². The molecule has 2 aromatic heterocycles. The van der Waals surface area contributed by atoms with Crippen molar-refractivity contribution >= 4 is 42.1 Å². The number of rotatable bonds is 14. The number of alkyl halides is 3. The molecule has 2 heterocycles. The first-order valence-electron chi connectivity index (χ1n) is 16.2. The van der Waals surface area contributed by atoms with E-state index in [0.717, 1.165) is 12.1 Å². The van der Waals surface area contributed by atoms with Gasteiger partial charge in [0.1, 0.15) is 41.3 Å². The number of aliphatic hydroxyl groups excluding tert-OH is 1. The molecule has 0 saturated heterocycles. The fourth-order valence-corrected chi connectivity index (χ4v) is 5.81. The van der Waals surface area contributed by atoms with Crippen LogP contribution in [-0.2, 0) is 17.6 Å². The average molecular weight is 728 g/mol. The molecule has 0 fully saturated rings. The maximum Gasteiger partial charge on any atom is 0.420 e. The summed E-state index contributed by atoms with van der Waals surface area (Å²) in [5, 5.41) is 25.7. The van der Waals surface area contributed by atoms with Gasteiger partial charge in [0.2, 0.25) is 0 Å². The van der Waals surface area contributed by atoms with E-state index in [-0.39, 0.29) is 36.0 Å². The Hall–Kier alpha value is -4.16. The van der Waals surface area contributed by atoms with Crippen molar-refractivity contribution in [3.8, 4) is 34.4 Å². The number of benzene rings is 2. The van der Waals surface area contributed by atoms with E-state index in [2.05, 4.69) is 41.3 Å². The Balaban J connectivity index is 1.76. The van der Waals surface area contributed by atoms with Crippen LogP contribution in [0.25, 0.3) is 22.2 Å². The molecule has 0 aliphatic rings. The number of anilines is 1. The van der Waals surface area contributed by atoms with E-state index >= 15 is 0 Å². The van der Waals surface area contributed by atoms with Crippen molar-refractivity contribution in [3.05, 3.63) is 66.0 Å². The molecule has 4 aromatic rings. The van der Waals surface area contributed by atoms with Crippen molar-refractivity contribution < 1.29 is 32.5 Å². The fourth-order valence-electron chi connectivity index (χ4n) is 4.86. The highest BCUT2D eigenvalue weighted by molar-refractivity contribution is 7.80. The Morgan fingerprint density at radius 3 is 2.44 bits per heavy atom. The topological polar surface area (TPSA) is 114 Å². The highest BCUT2D eigenvalue weighted by atomic mass is 32.1. The van der Waals surface area contributed by atoms with Crippen LogP contribution in [0.15, 0.2) is 54.9 Å². The van der Waals surface area contributed by atoms with Crippen LogP contribution < -0.4 is 20.1 Å². The van der Waals surface area contributed by atoms with Gasteiger partial charge in [-0.1, -0.05) is 39.6 Å². The Labute approximate surface area is 297 Å². The molecule has 0 radical (unpaired) electrons. The van der Waals surface area contributed by atoms with Gasteiger partial charge < -0.3 is 34.5 Å². The lowest BCUT2D eigenvalue weighted by Gasteiger charge is -2.23. The number of hydrogen-bond acceptors (Lipinski definition) is 7. The first kappa shape index (κ1) is 38.6. The van der Waals surface area contributed by atoms with Gasteiger partial charge in [-0.05, 0) is 74.1 Å². The number of nitrogens with zero attached hydrogens (tertiary/aromatic N) is 3. The van der Waals surface area contributed by atoms with Gasteiger partial charge >= 0.3 is 6.18 Å². The summed E-state index contributed by atoms with van der Waals surface area (Å²) in [6.07, 6.45) is -1.63. The van der Waals surface area contributed by atoms with Gasteiger partial charge in [-0.2, -0.15) is 18.4 Å². The highest BCUT2D eigenvalue weighted by Gasteiger charge is 2.35. The van der Waals surface area contributed by atoms with E-state index in [1.807, 2.05) is 33.9 Å². The SMILES string of the molecule is CC(C)Oc1ccc(-c2cn(COCC[Si](C)(C)C)c3nccc(Oc4ccc(NC(=S)NCC(C)(C)CO)cc4C(F)(F)F)c23)cc1C#N. The maximum absolute atomic E-state index is 14.5. The summed E-state index contributed by atoms with van der Waals surface area (Å²) in [6, 6.07) is 13.4. The van der Waals surface area contributed by atoms with E-state index < -0.39 is 31.0 Å². The number of thiocarbonyl (C=S) groups is 1. The fraction of sp³-hybridized carbons (Fsp3) is 0.417. The minimum Gasteiger partial charge on any atom is -0.490 e. The average Bonchev–Trinajstić information content (AvgIpc) is 3.41. The molecule has 0 atom stereocenters. The molecule has 0 aliphatic heterocycles. The predicted molar refractivity (Wildman–Crippen MR) is 196 cm³/mol. The van der Waals surface area contributed by atoms with Gasteiger partial charge in [0.05, 0.1) is 17.1 Å². The number of aliphatic hydroxyl groups is 1. The van der Waals surface area contributed by atoms with Crippen molar-refractivity contribution in [1.29, 1.82) is 5.26 Å². The van der Waals surface area contributed by atoms with Crippen molar-refractivity contribution in [2.24, 2.45) is 5.41 Å². The smallest absolute Gasteiger partial charge is 0.420 e. The molecule has 14 heteroatoms. The molecule has 50 heavy (non-hydrogen) atoms. The molecule has 0 amide bonds. The number of nitriles is 1. The lowest BCUT2D eigenvalue weighted by Crippen LogP contribution is -2.38. The molecular formula is C36H44F3N5O4SSi. The van der Waals surface area contributed by atoms with Crippen LogP contribution in [-0.4, -0.2) is 53.7 Å². The Morgan fingerprint density at radius 1 is 1.08 bits per heavy atom. The van der Waals surface area contributed by atoms with Gasteiger partial charge in [-0.3, -0.25) is 0 Å². The van der Waals surface area contributed by atoms with Crippen LogP contribution in [0, 0.1) is 16.7 Å². The summed E-state index contributed by atoms with van der Waals surface area (Å²) in [5.41, 5.74) is 0.600. The number of nitrogens with one attached hydrogen (secondary N) is 2. The van der Waals surface area contributed by atoms with E-state index in [9.17, 15) is 23.5 Å². The third kappa shape index (κ3) is 10.2. The van der Waals surface area contributed by atoms with Crippen molar-refractivity contribution in [1.82, 2.24) is 14.9 Å². The second kappa shape index (κ2) is 15.8. The van der Waals surface area contributed by atoms with Gasteiger partial charge in [0.15, 0.2) is 5.11 Å². The zero-order valence-electron chi connectivity index (χ0n) is 29.4. The summed E-state index contributed by atoms with van der Waals surface area (Å²) < 4.78 is 63.2. The molecule has 0 unspecified atom stereocenters. The first-order valence-corrected chi connectivity index (χ1v) is 20.3.